The molecule has 0 spiro atoms. The first-order chi connectivity index (χ1) is 9.38. The third-order valence-corrected chi connectivity index (χ3v) is 4.20. The van der Waals surface area contributed by atoms with E-state index >= 15 is 0 Å². The summed E-state index contributed by atoms with van der Waals surface area (Å²) in [7, 11) is 0. The van der Waals surface area contributed by atoms with Crippen molar-refractivity contribution >= 4 is 11.8 Å². The molecule has 3 nitrogen and oxygen atoms in total. The maximum atomic E-state index is 11.9. The van der Waals surface area contributed by atoms with E-state index in [1.54, 1.807) is 0 Å². The number of alkyl halides is 3. The molecule has 0 aromatic rings. The number of rotatable bonds is 8. The van der Waals surface area contributed by atoms with Crippen molar-refractivity contribution in [2.75, 3.05) is 25.4 Å². The van der Waals surface area contributed by atoms with Crippen LogP contribution in [0.2, 0.25) is 0 Å². The van der Waals surface area contributed by atoms with E-state index in [2.05, 4.69) is 12.2 Å². The molecule has 0 heterocycles. The largest absolute Gasteiger partial charge is 0.441 e. The highest BCUT2D eigenvalue weighted by Gasteiger charge is 2.27. The second-order valence-corrected chi connectivity index (χ2v) is 6.45. The standard InChI is InChI=1S/C13H24F3NO2S/c1-10-4-2-3-5-12(10)19-9-11(18)8-17-6-7-20-13(14,15)16/h10-12,17-18H,2-9H2,1H3. The van der Waals surface area contributed by atoms with Crippen molar-refractivity contribution in [3.8, 4) is 0 Å². The summed E-state index contributed by atoms with van der Waals surface area (Å²) in [6.07, 6.45) is 4.14. The van der Waals surface area contributed by atoms with Gasteiger partial charge in [0.25, 0.3) is 0 Å². The molecule has 1 rings (SSSR count). The molecule has 1 fully saturated rings. The number of hydrogen-bond acceptors (Lipinski definition) is 4. The Kier molecular flexibility index (Phi) is 8.24. The van der Waals surface area contributed by atoms with E-state index in [1.165, 1.54) is 6.42 Å². The Morgan fingerprint density at radius 2 is 2.05 bits per heavy atom. The lowest BCUT2D eigenvalue weighted by atomic mass is 9.88. The lowest BCUT2D eigenvalue weighted by molar-refractivity contribution is -0.0450. The van der Waals surface area contributed by atoms with E-state index in [4.69, 9.17) is 4.74 Å². The van der Waals surface area contributed by atoms with Gasteiger partial charge in [0.1, 0.15) is 0 Å². The summed E-state index contributed by atoms with van der Waals surface area (Å²) < 4.78 is 41.3. The van der Waals surface area contributed by atoms with E-state index in [9.17, 15) is 18.3 Å². The Balaban J connectivity index is 2.01. The molecule has 20 heavy (non-hydrogen) atoms. The van der Waals surface area contributed by atoms with Gasteiger partial charge in [-0.25, -0.2) is 0 Å². The molecular weight excluding hydrogens is 291 g/mol. The van der Waals surface area contributed by atoms with Crippen LogP contribution in [0, 0.1) is 5.92 Å². The average molecular weight is 315 g/mol. The van der Waals surface area contributed by atoms with Gasteiger partial charge >= 0.3 is 5.51 Å². The SMILES string of the molecule is CC1CCCCC1OCC(O)CNCCSC(F)(F)F. The van der Waals surface area contributed by atoms with Gasteiger partial charge in [-0.15, -0.1) is 0 Å². The van der Waals surface area contributed by atoms with Gasteiger partial charge in [0.15, 0.2) is 0 Å². The zero-order valence-corrected chi connectivity index (χ0v) is 12.6. The summed E-state index contributed by atoms with van der Waals surface area (Å²) in [6.45, 7) is 2.89. The highest BCUT2D eigenvalue weighted by molar-refractivity contribution is 8.00. The molecule has 0 bridgehead atoms. The molecule has 7 heteroatoms. The first-order valence-electron chi connectivity index (χ1n) is 7.09. The highest BCUT2D eigenvalue weighted by Crippen LogP contribution is 2.29. The Bertz CT molecular complexity index is 266. The van der Waals surface area contributed by atoms with Crippen LogP contribution in [0.25, 0.3) is 0 Å². The fourth-order valence-corrected chi connectivity index (χ4v) is 2.81. The van der Waals surface area contributed by atoms with Crippen LogP contribution in [0.3, 0.4) is 0 Å². The predicted octanol–water partition coefficient (Wildman–Crippen LogP) is 2.79. The summed E-state index contributed by atoms with van der Waals surface area (Å²) >= 11 is -0.0538. The third-order valence-electron chi connectivity index (χ3n) is 3.46. The molecule has 1 saturated carbocycles. The van der Waals surface area contributed by atoms with Crippen molar-refractivity contribution in [3.63, 3.8) is 0 Å². The van der Waals surface area contributed by atoms with Crippen LogP contribution in [0.5, 0.6) is 0 Å². The number of aliphatic hydroxyl groups is 1. The monoisotopic (exact) mass is 315 g/mol. The number of ether oxygens (including phenoxy) is 1. The second-order valence-electron chi connectivity index (χ2n) is 5.29. The van der Waals surface area contributed by atoms with E-state index in [-0.39, 0.29) is 43.3 Å². The molecule has 0 aromatic heterocycles. The molecule has 2 N–H and O–H groups in total. The highest BCUT2D eigenvalue weighted by atomic mass is 32.2. The molecule has 0 aliphatic heterocycles. The van der Waals surface area contributed by atoms with Gasteiger partial charge in [0.05, 0.1) is 18.8 Å². The molecule has 1 aliphatic rings. The molecule has 120 valence electrons. The molecule has 0 radical (unpaired) electrons. The normalized spacial score (nSPS) is 25.6. The third kappa shape index (κ3) is 8.34. The van der Waals surface area contributed by atoms with Crippen LogP contribution in [0.1, 0.15) is 32.6 Å². The number of nitrogens with one attached hydrogen (secondary N) is 1. The van der Waals surface area contributed by atoms with Crippen LogP contribution >= 0.6 is 11.8 Å². The van der Waals surface area contributed by atoms with Crippen LogP contribution < -0.4 is 5.32 Å². The fraction of sp³-hybridized carbons (Fsp3) is 1.00. The molecule has 0 aromatic carbocycles. The minimum atomic E-state index is -4.18. The topological polar surface area (TPSA) is 41.5 Å². The lowest BCUT2D eigenvalue weighted by Crippen LogP contribution is -2.35. The van der Waals surface area contributed by atoms with Gasteiger partial charge < -0.3 is 15.2 Å². The first-order valence-corrected chi connectivity index (χ1v) is 8.08. The summed E-state index contributed by atoms with van der Waals surface area (Å²) in [5.41, 5.74) is -4.18. The van der Waals surface area contributed by atoms with Gasteiger partial charge in [0.2, 0.25) is 0 Å². The van der Waals surface area contributed by atoms with Crippen LogP contribution in [0.4, 0.5) is 13.2 Å². The Hall–Kier alpha value is 0.0200. The lowest BCUT2D eigenvalue weighted by Gasteiger charge is -2.29. The minimum Gasteiger partial charge on any atom is -0.389 e. The molecule has 1 aliphatic carbocycles. The number of aliphatic hydroxyl groups excluding tert-OH is 1. The minimum absolute atomic E-state index is 0.0449. The van der Waals surface area contributed by atoms with Crippen molar-refractivity contribution in [1.82, 2.24) is 5.32 Å². The predicted molar refractivity (Wildman–Crippen MR) is 74.8 cm³/mol. The van der Waals surface area contributed by atoms with E-state index in [1.807, 2.05) is 0 Å². The summed E-state index contributed by atoms with van der Waals surface area (Å²) in [4.78, 5) is 0. The van der Waals surface area contributed by atoms with E-state index in [0.717, 1.165) is 19.3 Å². The van der Waals surface area contributed by atoms with Gasteiger partial charge in [-0.3, -0.25) is 0 Å². The fourth-order valence-electron chi connectivity index (χ4n) is 2.33. The van der Waals surface area contributed by atoms with Gasteiger partial charge in [0, 0.05) is 18.8 Å². The van der Waals surface area contributed by atoms with Crippen molar-refractivity contribution in [3.05, 3.63) is 0 Å². The van der Waals surface area contributed by atoms with Crippen LogP contribution in [0.15, 0.2) is 0 Å². The quantitative estimate of drug-likeness (QED) is 0.676. The maximum absolute atomic E-state index is 11.9. The Morgan fingerprint density at radius 3 is 2.70 bits per heavy atom. The maximum Gasteiger partial charge on any atom is 0.441 e. The summed E-state index contributed by atoms with van der Waals surface area (Å²) in [5, 5.41) is 12.5. The number of halogens is 3. The Morgan fingerprint density at radius 1 is 1.35 bits per heavy atom. The van der Waals surface area contributed by atoms with Crippen molar-refractivity contribution in [2.45, 2.75) is 50.3 Å². The van der Waals surface area contributed by atoms with Gasteiger partial charge in [-0.1, -0.05) is 19.8 Å². The Labute approximate surface area is 122 Å². The van der Waals surface area contributed by atoms with Crippen LogP contribution in [-0.4, -0.2) is 48.3 Å². The number of thioether (sulfide) groups is 1. The summed E-state index contributed by atoms with van der Waals surface area (Å²) in [6, 6.07) is 0. The first kappa shape index (κ1) is 18.1. The second kappa shape index (κ2) is 9.12. The van der Waals surface area contributed by atoms with Gasteiger partial charge in [-0.05, 0) is 30.5 Å². The zero-order chi connectivity index (χ0) is 15.0. The van der Waals surface area contributed by atoms with Crippen molar-refractivity contribution < 1.29 is 23.0 Å². The smallest absolute Gasteiger partial charge is 0.389 e. The zero-order valence-electron chi connectivity index (χ0n) is 11.8. The molecule has 0 saturated heterocycles. The molecule has 0 amide bonds. The summed E-state index contributed by atoms with van der Waals surface area (Å²) in [5.74, 6) is 0.476. The molecule has 3 unspecified atom stereocenters. The van der Waals surface area contributed by atoms with Crippen LogP contribution in [-0.2, 0) is 4.74 Å². The number of hydrogen-bond donors (Lipinski definition) is 2. The van der Waals surface area contributed by atoms with Crippen molar-refractivity contribution in [1.29, 1.82) is 0 Å². The van der Waals surface area contributed by atoms with Gasteiger partial charge in [-0.2, -0.15) is 13.2 Å². The van der Waals surface area contributed by atoms with Crippen molar-refractivity contribution in [2.24, 2.45) is 5.92 Å². The average Bonchev–Trinajstić information content (AvgIpc) is 2.36. The molecular formula is C13H24F3NO2S. The van der Waals surface area contributed by atoms with E-state index in [0.29, 0.717) is 5.92 Å². The van der Waals surface area contributed by atoms with E-state index < -0.39 is 11.6 Å². The molecule has 3 atom stereocenters.